The van der Waals surface area contributed by atoms with Gasteiger partial charge in [0, 0.05) is 26.2 Å². The molecule has 0 saturated carbocycles. The van der Waals surface area contributed by atoms with E-state index >= 15 is 0 Å². The van der Waals surface area contributed by atoms with Crippen molar-refractivity contribution < 1.29 is 14.2 Å². The topological polar surface area (TPSA) is 32.7 Å². The van der Waals surface area contributed by atoms with Gasteiger partial charge >= 0.3 is 0 Å². The number of hydrogen-bond acceptors (Lipinski definition) is 3. The monoisotopic (exact) mass is 293 g/mol. The molecule has 21 heavy (non-hydrogen) atoms. The van der Waals surface area contributed by atoms with Crippen LogP contribution in [0.5, 0.6) is 0 Å². The van der Waals surface area contributed by atoms with Crippen LogP contribution in [0, 0.1) is 5.82 Å². The summed E-state index contributed by atoms with van der Waals surface area (Å²) in [4.78, 5) is 2.14. The van der Waals surface area contributed by atoms with E-state index in [1.54, 1.807) is 25.1 Å². The molecule has 1 aromatic rings. The van der Waals surface area contributed by atoms with Gasteiger partial charge in [-0.05, 0) is 37.5 Å². The van der Waals surface area contributed by atoms with Crippen LogP contribution < -0.4 is 0 Å². The van der Waals surface area contributed by atoms with Gasteiger partial charge in [-0.3, -0.25) is 4.90 Å². The lowest BCUT2D eigenvalue weighted by Crippen LogP contribution is -2.42. The Kier molecular flexibility index (Phi) is 5.51. The van der Waals surface area contributed by atoms with Gasteiger partial charge in [-0.15, -0.1) is 6.58 Å². The Morgan fingerprint density at radius 1 is 1.48 bits per heavy atom. The highest BCUT2D eigenvalue weighted by Crippen LogP contribution is 2.18. The zero-order chi connectivity index (χ0) is 15.3. The third-order valence-corrected chi connectivity index (χ3v) is 3.79. The SMILES string of the molecule is C=C[C@](C)(O)CN(Cc1ccc(F)cc1)C[C@@H]1CCCO1. The minimum absolute atomic E-state index is 0.214. The highest BCUT2D eigenvalue weighted by atomic mass is 19.1. The van der Waals surface area contributed by atoms with Crippen LogP contribution in [0.15, 0.2) is 36.9 Å². The lowest BCUT2D eigenvalue weighted by molar-refractivity contribution is 0.0242. The van der Waals surface area contributed by atoms with Gasteiger partial charge in [0.15, 0.2) is 0 Å². The van der Waals surface area contributed by atoms with Crippen molar-refractivity contribution in [2.45, 2.75) is 38.0 Å². The number of halogens is 1. The number of benzene rings is 1. The molecule has 0 spiro atoms. The summed E-state index contributed by atoms with van der Waals surface area (Å²) in [6, 6.07) is 6.48. The van der Waals surface area contributed by atoms with Crippen LogP contribution in [0.2, 0.25) is 0 Å². The van der Waals surface area contributed by atoms with E-state index in [0.717, 1.165) is 31.6 Å². The molecule has 0 radical (unpaired) electrons. The zero-order valence-corrected chi connectivity index (χ0v) is 12.6. The van der Waals surface area contributed by atoms with E-state index in [1.807, 2.05) is 0 Å². The highest BCUT2D eigenvalue weighted by molar-refractivity contribution is 5.16. The summed E-state index contributed by atoms with van der Waals surface area (Å²) in [5, 5.41) is 10.2. The van der Waals surface area contributed by atoms with E-state index in [4.69, 9.17) is 4.74 Å². The largest absolute Gasteiger partial charge is 0.385 e. The lowest BCUT2D eigenvalue weighted by atomic mass is 10.1. The predicted octanol–water partition coefficient (Wildman–Crippen LogP) is 2.74. The first-order valence-electron chi connectivity index (χ1n) is 7.43. The molecule has 1 heterocycles. The first-order chi connectivity index (χ1) is 9.98. The molecule has 1 aromatic carbocycles. The summed E-state index contributed by atoms with van der Waals surface area (Å²) in [5.41, 5.74) is 0.0767. The van der Waals surface area contributed by atoms with Crippen molar-refractivity contribution in [2.24, 2.45) is 0 Å². The standard InChI is InChI=1S/C17H24FNO2/c1-3-17(2,20)13-19(12-16-5-4-10-21-16)11-14-6-8-15(18)9-7-14/h3,6-9,16,20H,1,4-5,10-13H2,2H3/t16-,17-/m0/s1. The fraction of sp³-hybridized carbons (Fsp3) is 0.529. The maximum atomic E-state index is 13.0. The summed E-state index contributed by atoms with van der Waals surface area (Å²) >= 11 is 0. The summed E-state index contributed by atoms with van der Waals surface area (Å²) in [6.07, 6.45) is 3.91. The van der Waals surface area contributed by atoms with Gasteiger partial charge in [-0.2, -0.15) is 0 Å². The van der Waals surface area contributed by atoms with Gasteiger partial charge in [0.05, 0.1) is 11.7 Å². The molecule has 1 saturated heterocycles. The first kappa shape index (κ1) is 16.1. The summed E-state index contributed by atoms with van der Waals surface area (Å²) < 4.78 is 18.7. The normalized spacial score (nSPS) is 21.4. The fourth-order valence-corrected chi connectivity index (χ4v) is 2.63. The fourth-order valence-electron chi connectivity index (χ4n) is 2.63. The van der Waals surface area contributed by atoms with Crippen molar-refractivity contribution in [3.8, 4) is 0 Å². The van der Waals surface area contributed by atoms with E-state index in [1.165, 1.54) is 12.1 Å². The van der Waals surface area contributed by atoms with Crippen LogP contribution in [-0.4, -0.2) is 41.4 Å². The van der Waals surface area contributed by atoms with E-state index in [0.29, 0.717) is 13.1 Å². The minimum atomic E-state index is -0.946. The maximum Gasteiger partial charge on any atom is 0.123 e. The summed E-state index contributed by atoms with van der Waals surface area (Å²) in [7, 11) is 0. The van der Waals surface area contributed by atoms with Crippen molar-refractivity contribution in [1.82, 2.24) is 4.90 Å². The molecule has 1 N–H and O–H groups in total. The molecule has 2 atom stereocenters. The third-order valence-electron chi connectivity index (χ3n) is 3.79. The summed E-state index contributed by atoms with van der Waals surface area (Å²) in [5.74, 6) is -0.234. The summed E-state index contributed by atoms with van der Waals surface area (Å²) in [6.45, 7) is 8.14. The van der Waals surface area contributed by atoms with Crippen LogP contribution in [0.1, 0.15) is 25.3 Å². The van der Waals surface area contributed by atoms with Crippen LogP contribution in [0.4, 0.5) is 4.39 Å². The minimum Gasteiger partial charge on any atom is -0.385 e. The van der Waals surface area contributed by atoms with Crippen LogP contribution in [0.25, 0.3) is 0 Å². The maximum absolute atomic E-state index is 13.0. The Bertz CT molecular complexity index is 452. The highest BCUT2D eigenvalue weighted by Gasteiger charge is 2.25. The van der Waals surface area contributed by atoms with Crippen molar-refractivity contribution in [2.75, 3.05) is 19.7 Å². The van der Waals surface area contributed by atoms with E-state index in [9.17, 15) is 9.50 Å². The molecule has 0 amide bonds. The number of hydrogen-bond donors (Lipinski definition) is 1. The van der Waals surface area contributed by atoms with E-state index < -0.39 is 5.60 Å². The Morgan fingerprint density at radius 2 is 2.19 bits per heavy atom. The number of rotatable bonds is 7. The second-order valence-electron chi connectivity index (χ2n) is 5.99. The van der Waals surface area contributed by atoms with Gasteiger partial charge < -0.3 is 9.84 Å². The molecule has 1 aliphatic heterocycles. The molecule has 3 nitrogen and oxygen atoms in total. The molecular weight excluding hydrogens is 269 g/mol. The Balaban J connectivity index is 2.02. The van der Waals surface area contributed by atoms with Crippen LogP contribution in [-0.2, 0) is 11.3 Å². The Hall–Kier alpha value is -1.23. The number of nitrogens with zero attached hydrogens (tertiary/aromatic N) is 1. The first-order valence-corrected chi connectivity index (χ1v) is 7.43. The van der Waals surface area contributed by atoms with E-state index in [-0.39, 0.29) is 11.9 Å². The average Bonchev–Trinajstić information content (AvgIpc) is 2.94. The second kappa shape index (κ2) is 7.16. The molecule has 116 valence electrons. The van der Waals surface area contributed by atoms with Crippen LogP contribution >= 0.6 is 0 Å². The number of aliphatic hydroxyl groups is 1. The van der Waals surface area contributed by atoms with Crippen LogP contribution in [0.3, 0.4) is 0 Å². The Labute approximate surface area is 126 Å². The zero-order valence-electron chi connectivity index (χ0n) is 12.6. The average molecular weight is 293 g/mol. The molecule has 1 fully saturated rings. The van der Waals surface area contributed by atoms with Crippen molar-refractivity contribution in [3.63, 3.8) is 0 Å². The van der Waals surface area contributed by atoms with Crippen molar-refractivity contribution >= 4 is 0 Å². The molecule has 1 aliphatic rings. The van der Waals surface area contributed by atoms with Gasteiger partial charge in [0.1, 0.15) is 5.82 Å². The van der Waals surface area contributed by atoms with Gasteiger partial charge in [-0.25, -0.2) is 4.39 Å². The van der Waals surface area contributed by atoms with Crippen molar-refractivity contribution in [1.29, 1.82) is 0 Å². The molecule has 4 heteroatoms. The molecule has 0 aliphatic carbocycles. The van der Waals surface area contributed by atoms with Gasteiger partial charge in [0.2, 0.25) is 0 Å². The van der Waals surface area contributed by atoms with E-state index in [2.05, 4.69) is 11.5 Å². The van der Waals surface area contributed by atoms with Gasteiger partial charge in [-0.1, -0.05) is 18.2 Å². The third kappa shape index (κ3) is 5.23. The quantitative estimate of drug-likeness (QED) is 0.785. The molecular formula is C17H24FNO2. The predicted molar refractivity (Wildman–Crippen MR) is 81.5 cm³/mol. The van der Waals surface area contributed by atoms with Gasteiger partial charge in [0.25, 0.3) is 0 Å². The molecule has 0 unspecified atom stereocenters. The molecule has 0 aromatic heterocycles. The second-order valence-corrected chi connectivity index (χ2v) is 5.99. The molecule has 0 bridgehead atoms. The number of ether oxygens (including phenoxy) is 1. The molecule has 2 rings (SSSR count). The van der Waals surface area contributed by atoms with Crippen molar-refractivity contribution in [3.05, 3.63) is 48.3 Å². The lowest BCUT2D eigenvalue weighted by Gasteiger charge is -2.31. The smallest absolute Gasteiger partial charge is 0.123 e. The Morgan fingerprint density at radius 3 is 2.76 bits per heavy atom.